The Morgan fingerprint density at radius 3 is 2.73 bits per heavy atom. The maximum Gasteiger partial charge on any atom is 0.252 e. The summed E-state index contributed by atoms with van der Waals surface area (Å²) in [6.07, 6.45) is 0.181. The zero-order valence-electron chi connectivity index (χ0n) is 12.2. The fraction of sp³-hybridized carbons (Fsp3) is 0.250. The maximum absolute atomic E-state index is 13.5. The molecule has 0 aliphatic rings. The number of carbonyl (C=O) groups excluding carboxylic acids is 2. The van der Waals surface area contributed by atoms with Gasteiger partial charge in [0.05, 0.1) is 0 Å². The van der Waals surface area contributed by atoms with E-state index in [0.717, 1.165) is 0 Å². The zero-order chi connectivity index (χ0) is 15.9. The summed E-state index contributed by atoms with van der Waals surface area (Å²) in [6.45, 7) is 0.471. The summed E-state index contributed by atoms with van der Waals surface area (Å²) in [5, 5.41) is 6.27. The molecule has 0 unspecified atom stereocenters. The summed E-state index contributed by atoms with van der Waals surface area (Å²) in [4.78, 5) is 25.1. The van der Waals surface area contributed by atoms with Crippen molar-refractivity contribution in [1.29, 1.82) is 0 Å². The van der Waals surface area contributed by atoms with Crippen LogP contribution in [-0.4, -0.2) is 30.3 Å². The van der Waals surface area contributed by atoms with E-state index in [-0.39, 0.29) is 37.1 Å². The molecule has 0 radical (unpaired) electrons. The van der Waals surface area contributed by atoms with Crippen LogP contribution in [0.2, 0.25) is 0 Å². The summed E-state index contributed by atoms with van der Waals surface area (Å²) in [7, 11) is 1.62. The number of hydrogen-bond donors (Lipinski definition) is 1. The van der Waals surface area contributed by atoms with Crippen LogP contribution in [0.15, 0.2) is 41.1 Å². The van der Waals surface area contributed by atoms with Crippen molar-refractivity contribution in [2.24, 2.45) is 0 Å². The molecule has 6 heteroatoms. The van der Waals surface area contributed by atoms with Crippen molar-refractivity contribution >= 4 is 23.2 Å². The highest BCUT2D eigenvalue weighted by atomic mass is 32.1. The van der Waals surface area contributed by atoms with Crippen LogP contribution in [0.5, 0.6) is 0 Å². The monoisotopic (exact) mass is 320 g/mol. The third-order valence-corrected chi connectivity index (χ3v) is 3.88. The highest BCUT2D eigenvalue weighted by Crippen LogP contribution is 2.09. The minimum atomic E-state index is -0.326. The molecule has 1 aromatic heterocycles. The Hall–Kier alpha value is -2.21. The molecule has 1 aromatic carbocycles. The van der Waals surface area contributed by atoms with Crippen LogP contribution in [-0.2, 0) is 11.3 Å². The Morgan fingerprint density at radius 2 is 2.05 bits per heavy atom. The molecule has 2 aromatic rings. The highest BCUT2D eigenvalue weighted by Gasteiger charge is 2.12. The minimum Gasteiger partial charge on any atom is -0.351 e. The van der Waals surface area contributed by atoms with Crippen LogP contribution in [0, 0.1) is 5.82 Å². The van der Waals surface area contributed by atoms with Crippen molar-refractivity contribution in [3.05, 3.63) is 58.0 Å². The largest absolute Gasteiger partial charge is 0.351 e. The van der Waals surface area contributed by atoms with Crippen LogP contribution in [0.25, 0.3) is 0 Å². The smallest absolute Gasteiger partial charge is 0.252 e. The fourth-order valence-corrected chi connectivity index (χ4v) is 2.58. The second kappa shape index (κ2) is 7.70. The van der Waals surface area contributed by atoms with Gasteiger partial charge in [0.1, 0.15) is 5.82 Å². The molecule has 0 spiro atoms. The third-order valence-electron chi connectivity index (χ3n) is 3.20. The van der Waals surface area contributed by atoms with E-state index < -0.39 is 0 Å². The van der Waals surface area contributed by atoms with Gasteiger partial charge in [0.2, 0.25) is 5.91 Å². The Kier molecular flexibility index (Phi) is 5.66. The lowest BCUT2D eigenvalue weighted by Gasteiger charge is -2.17. The molecule has 22 heavy (non-hydrogen) atoms. The summed E-state index contributed by atoms with van der Waals surface area (Å²) < 4.78 is 13.5. The fourth-order valence-electron chi connectivity index (χ4n) is 1.94. The molecule has 0 saturated carbocycles. The van der Waals surface area contributed by atoms with Crippen LogP contribution in [0.1, 0.15) is 22.3 Å². The van der Waals surface area contributed by atoms with E-state index in [1.807, 2.05) is 5.38 Å². The van der Waals surface area contributed by atoms with E-state index >= 15 is 0 Å². The Bertz CT molecular complexity index is 643. The third kappa shape index (κ3) is 4.39. The lowest BCUT2D eigenvalue weighted by molar-refractivity contribution is -0.130. The number of hydrogen-bond acceptors (Lipinski definition) is 3. The van der Waals surface area contributed by atoms with Gasteiger partial charge in [-0.1, -0.05) is 18.2 Å². The van der Waals surface area contributed by atoms with E-state index in [0.29, 0.717) is 11.1 Å². The van der Waals surface area contributed by atoms with Gasteiger partial charge < -0.3 is 10.2 Å². The van der Waals surface area contributed by atoms with Crippen LogP contribution >= 0.6 is 11.3 Å². The number of nitrogens with one attached hydrogen (secondary N) is 1. The van der Waals surface area contributed by atoms with E-state index in [1.165, 1.54) is 22.3 Å². The standard InChI is InChI=1S/C16H17FN2O2S/c1-19(10-12-4-2-3-5-14(12)17)15(20)6-8-18-16(21)13-7-9-22-11-13/h2-5,7,9,11H,6,8,10H2,1H3,(H,18,21). The summed E-state index contributed by atoms with van der Waals surface area (Å²) in [5.41, 5.74) is 1.07. The first kappa shape index (κ1) is 16.2. The topological polar surface area (TPSA) is 49.4 Å². The second-order valence-corrected chi connectivity index (χ2v) is 5.64. The van der Waals surface area contributed by atoms with Gasteiger partial charge in [-0.15, -0.1) is 0 Å². The van der Waals surface area contributed by atoms with Gasteiger partial charge in [0.25, 0.3) is 5.91 Å². The lowest BCUT2D eigenvalue weighted by atomic mass is 10.2. The Labute approximate surface area is 132 Å². The number of halogens is 1. The van der Waals surface area contributed by atoms with Crippen molar-refractivity contribution in [2.75, 3.05) is 13.6 Å². The van der Waals surface area contributed by atoms with Crippen LogP contribution < -0.4 is 5.32 Å². The molecule has 4 nitrogen and oxygen atoms in total. The predicted molar refractivity (Wildman–Crippen MR) is 84.1 cm³/mol. The lowest BCUT2D eigenvalue weighted by Crippen LogP contribution is -2.31. The number of amides is 2. The second-order valence-electron chi connectivity index (χ2n) is 4.86. The molecule has 0 atom stereocenters. The normalized spacial score (nSPS) is 10.3. The van der Waals surface area contributed by atoms with Crippen molar-refractivity contribution in [2.45, 2.75) is 13.0 Å². The molecular formula is C16H17FN2O2S. The van der Waals surface area contributed by atoms with Gasteiger partial charge in [0.15, 0.2) is 0 Å². The molecule has 0 bridgehead atoms. The van der Waals surface area contributed by atoms with E-state index in [4.69, 9.17) is 0 Å². The van der Waals surface area contributed by atoms with Gasteiger partial charge in [0, 0.05) is 43.1 Å². The first-order valence-corrected chi connectivity index (χ1v) is 7.80. The molecular weight excluding hydrogens is 303 g/mol. The van der Waals surface area contributed by atoms with Gasteiger partial charge in [-0.2, -0.15) is 11.3 Å². The quantitative estimate of drug-likeness (QED) is 0.889. The number of carbonyl (C=O) groups is 2. The molecule has 2 rings (SSSR count). The number of rotatable bonds is 6. The molecule has 0 saturated heterocycles. The molecule has 2 amide bonds. The molecule has 1 heterocycles. The van der Waals surface area contributed by atoms with Crippen molar-refractivity contribution in [1.82, 2.24) is 10.2 Å². The molecule has 1 N–H and O–H groups in total. The molecule has 0 aliphatic heterocycles. The Morgan fingerprint density at radius 1 is 1.27 bits per heavy atom. The summed E-state index contributed by atoms with van der Waals surface area (Å²) in [6, 6.07) is 8.09. The van der Waals surface area contributed by atoms with Gasteiger partial charge in [-0.3, -0.25) is 9.59 Å². The molecule has 116 valence electrons. The van der Waals surface area contributed by atoms with Gasteiger partial charge in [-0.05, 0) is 17.5 Å². The zero-order valence-corrected chi connectivity index (χ0v) is 13.0. The van der Waals surface area contributed by atoms with Crippen LogP contribution in [0.3, 0.4) is 0 Å². The summed E-state index contributed by atoms with van der Waals surface area (Å²) >= 11 is 1.44. The maximum atomic E-state index is 13.5. The van der Waals surface area contributed by atoms with Crippen molar-refractivity contribution in [3.63, 3.8) is 0 Å². The van der Waals surface area contributed by atoms with E-state index in [2.05, 4.69) is 5.32 Å². The first-order chi connectivity index (χ1) is 10.6. The molecule has 0 fully saturated rings. The van der Waals surface area contributed by atoms with Crippen LogP contribution in [0.4, 0.5) is 4.39 Å². The van der Waals surface area contributed by atoms with E-state index in [1.54, 1.807) is 36.7 Å². The number of benzene rings is 1. The average Bonchev–Trinajstić information content (AvgIpc) is 3.03. The average molecular weight is 320 g/mol. The first-order valence-electron chi connectivity index (χ1n) is 6.85. The van der Waals surface area contributed by atoms with Crippen molar-refractivity contribution in [3.8, 4) is 0 Å². The van der Waals surface area contributed by atoms with Gasteiger partial charge >= 0.3 is 0 Å². The minimum absolute atomic E-state index is 0.145. The Balaban J connectivity index is 1.77. The summed E-state index contributed by atoms with van der Waals surface area (Å²) in [5.74, 6) is -0.660. The predicted octanol–water partition coefficient (Wildman–Crippen LogP) is 2.67. The van der Waals surface area contributed by atoms with Gasteiger partial charge in [-0.25, -0.2) is 4.39 Å². The SMILES string of the molecule is CN(Cc1ccccc1F)C(=O)CCNC(=O)c1ccsc1. The molecule has 0 aliphatic carbocycles. The highest BCUT2D eigenvalue weighted by molar-refractivity contribution is 7.08. The number of nitrogens with zero attached hydrogens (tertiary/aromatic N) is 1. The van der Waals surface area contributed by atoms with E-state index in [9.17, 15) is 14.0 Å². The number of thiophene rings is 1. The van der Waals surface area contributed by atoms with Crippen molar-refractivity contribution < 1.29 is 14.0 Å².